The van der Waals surface area contributed by atoms with Crippen LogP contribution in [-0.4, -0.2) is 36.7 Å². The Labute approximate surface area is 159 Å². The zero-order valence-corrected chi connectivity index (χ0v) is 16.5. The summed E-state index contributed by atoms with van der Waals surface area (Å²) in [6, 6.07) is 7.01. The van der Waals surface area contributed by atoms with Gasteiger partial charge in [0.15, 0.2) is 0 Å². The van der Waals surface area contributed by atoms with E-state index in [1.807, 2.05) is 19.1 Å². The fourth-order valence-corrected chi connectivity index (χ4v) is 6.72. The number of aryl methyl sites for hydroxylation is 1. The molecule has 0 unspecified atom stereocenters. The van der Waals surface area contributed by atoms with Gasteiger partial charge in [0.2, 0.25) is 10.0 Å². The second-order valence-electron chi connectivity index (χ2n) is 6.09. The molecular formula is C17H17N3O3S3. The molecule has 2 aromatic heterocycles. The molecule has 0 saturated carbocycles. The lowest BCUT2D eigenvalue weighted by atomic mass is 10.3. The van der Waals surface area contributed by atoms with E-state index in [1.165, 1.54) is 10.4 Å². The van der Waals surface area contributed by atoms with Crippen LogP contribution in [0.2, 0.25) is 0 Å². The number of nitrogens with zero attached hydrogens (tertiary/aromatic N) is 2. The summed E-state index contributed by atoms with van der Waals surface area (Å²) in [7, 11) is -3.62. The van der Waals surface area contributed by atoms with E-state index in [-0.39, 0.29) is 9.77 Å². The Morgan fingerprint density at radius 1 is 1.23 bits per heavy atom. The van der Waals surface area contributed by atoms with E-state index in [9.17, 15) is 13.2 Å². The van der Waals surface area contributed by atoms with Crippen molar-refractivity contribution in [3.8, 4) is 0 Å². The zero-order chi connectivity index (χ0) is 18.3. The van der Waals surface area contributed by atoms with Crippen LogP contribution in [0, 0.1) is 6.92 Å². The molecule has 1 saturated heterocycles. The minimum atomic E-state index is -3.62. The Kier molecular flexibility index (Phi) is 4.55. The first kappa shape index (κ1) is 17.6. The largest absolute Gasteiger partial charge is 0.321 e. The number of hydrogen-bond acceptors (Lipinski definition) is 6. The molecule has 9 heteroatoms. The van der Waals surface area contributed by atoms with Crippen molar-refractivity contribution in [2.45, 2.75) is 24.7 Å². The van der Waals surface area contributed by atoms with E-state index in [2.05, 4.69) is 10.3 Å². The first-order chi connectivity index (χ1) is 12.4. The summed E-state index contributed by atoms with van der Waals surface area (Å²) < 4.78 is 28.0. The quantitative estimate of drug-likeness (QED) is 0.715. The van der Waals surface area contributed by atoms with Crippen LogP contribution in [0.25, 0.3) is 10.2 Å². The van der Waals surface area contributed by atoms with Gasteiger partial charge in [-0.1, -0.05) is 0 Å². The predicted molar refractivity (Wildman–Crippen MR) is 105 cm³/mol. The summed E-state index contributed by atoms with van der Waals surface area (Å²) in [5.41, 5.74) is 1.52. The predicted octanol–water partition coefficient (Wildman–Crippen LogP) is 3.70. The summed E-state index contributed by atoms with van der Waals surface area (Å²) in [4.78, 5) is 17.4. The number of aromatic nitrogens is 1. The molecule has 1 aliphatic heterocycles. The van der Waals surface area contributed by atoms with Gasteiger partial charge in [0, 0.05) is 18.8 Å². The van der Waals surface area contributed by atoms with Crippen LogP contribution in [0.1, 0.15) is 27.5 Å². The molecule has 0 aliphatic carbocycles. The molecule has 1 fully saturated rings. The molecule has 1 N–H and O–H groups in total. The number of fused-ring (bicyclic) bond motifs is 1. The molecule has 4 rings (SSSR count). The Morgan fingerprint density at radius 2 is 2.00 bits per heavy atom. The summed E-state index contributed by atoms with van der Waals surface area (Å²) >= 11 is 2.70. The Morgan fingerprint density at radius 3 is 2.77 bits per heavy atom. The van der Waals surface area contributed by atoms with Gasteiger partial charge in [-0.25, -0.2) is 13.4 Å². The maximum atomic E-state index is 12.8. The molecule has 1 aliphatic rings. The number of thiophene rings is 1. The molecule has 0 spiro atoms. The second kappa shape index (κ2) is 6.73. The first-order valence-corrected chi connectivity index (χ1v) is 11.3. The highest BCUT2D eigenvalue weighted by Gasteiger charge is 2.31. The molecule has 3 heterocycles. The van der Waals surface area contributed by atoms with Gasteiger partial charge < -0.3 is 5.32 Å². The Bertz CT molecular complexity index is 1080. The minimum Gasteiger partial charge on any atom is -0.321 e. The number of amides is 1. The summed E-state index contributed by atoms with van der Waals surface area (Å²) in [6.07, 6.45) is 1.72. The molecular weight excluding hydrogens is 390 g/mol. The van der Waals surface area contributed by atoms with E-state index in [0.29, 0.717) is 18.8 Å². The number of benzene rings is 1. The van der Waals surface area contributed by atoms with E-state index in [0.717, 1.165) is 39.4 Å². The number of nitrogens with one attached hydrogen (secondary N) is 1. The van der Waals surface area contributed by atoms with Crippen molar-refractivity contribution >= 4 is 54.5 Å². The van der Waals surface area contributed by atoms with Crippen molar-refractivity contribution in [3.05, 3.63) is 39.5 Å². The molecule has 1 aromatic carbocycles. The zero-order valence-electron chi connectivity index (χ0n) is 14.1. The highest BCUT2D eigenvalue weighted by Crippen LogP contribution is 2.29. The summed E-state index contributed by atoms with van der Waals surface area (Å²) in [5.74, 6) is -0.404. The topological polar surface area (TPSA) is 79.4 Å². The number of hydrogen-bond donors (Lipinski definition) is 1. The lowest BCUT2D eigenvalue weighted by Gasteiger charge is -2.15. The highest BCUT2D eigenvalue weighted by atomic mass is 32.2. The van der Waals surface area contributed by atoms with Gasteiger partial charge in [0.25, 0.3) is 5.91 Å². The number of carbonyl (C=O) groups is 1. The summed E-state index contributed by atoms with van der Waals surface area (Å²) in [5, 5.41) is 5.42. The van der Waals surface area contributed by atoms with Crippen LogP contribution >= 0.6 is 22.7 Å². The maximum absolute atomic E-state index is 12.8. The van der Waals surface area contributed by atoms with Crippen molar-refractivity contribution in [3.63, 3.8) is 0 Å². The van der Waals surface area contributed by atoms with Gasteiger partial charge in [0.1, 0.15) is 9.77 Å². The molecule has 136 valence electrons. The first-order valence-electron chi connectivity index (χ1n) is 8.21. The average Bonchev–Trinajstić information content (AvgIpc) is 3.34. The minimum absolute atomic E-state index is 0.0941. The van der Waals surface area contributed by atoms with E-state index >= 15 is 0 Å². The third kappa shape index (κ3) is 3.16. The fraction of sp³-hybridized carbons (Fsp3) is 0.294. The van der Waals surface area contributed by atoms with E-state index < -0.39 is 15.9 Å². The van der Waals surface area contributed by atoms with Crippen molar-refractivity contribution in [2.75, 3.05) is 18.4 Å². The van der Waals surface area contributed by atoms with Crippen LogP contribution < -0.4 is 5.32 Å². The van der Waals surface area contributed by atoms with Crippen LogP contribution in [0.15, 0.2) is 34.5 Å². The third-order valence-electron chi connectivity index (χ3n) is 4.27. The van der Waals surface area contributed by atoms with Crippen molar-refractivity contribution in [1.29, 1.82) is 0 Å². The van der Waals surface area contributed by atoms with Gasteiger partial charge in [-0.05, 0) is 49.4 Å². The number of thiazole rings is 1. The van der Waals surface area contributed by atoms with Crippen LogP contribution in [0.3, 0.4) is 0 Å². The van der Waals surface area contributed by atoms with Gasteiger partial charge in [0.05, 0.1) is 15.2 Å². The monoisotopic (exact) mass is 407 g/mol. The lowest BCUT2D eigenvalue weighted by molar-refractivity contribution is 0.102. The lowest BCUT2D eigenvalue weighted by Crippen LogP contribution is -2.29. The normalized spacial score (nSPS) is 15.6. The van der Waals surface area contributed by atoms with E-state index in [4.69, 9.17) is 0 Å². The number of sulfonamides is 1. The van der Waals surface area contributed by atoms with Crippen LogP contribution in [-0.2, 0) is 10.0 Å². The molecule has 0 radical (unpaired) electrons. The number of carbonyl (C=O) groups excluding carboxylic acids is 1. The van der Waals surface area contributed by atoms with Gasteiger partial charge in [-0.15, -0.1) is 22.7 Å². The number of anilines is 1. The van der Waals surface area contributed by atoms with Crippen molar-refractivity contribution < 1.29 is 13.2 Å². The Hall–Kier alpha value is -1.81. The standard InChI is InChI=1S/C17H17N3O3S3/c1-11-18-13-5-4-12(10-14(13)25-11)19-17(21)16-15(6-9-24-16)26(22,23)20-7-2-3-8-20/h4-6,9-10H,2-3,7-8H2,1H3,(H,19,21). The average molecular weight is 408 g/mol. The summed E-state index contributed by atoms with van der Waals surface area (Å²) in [6.45, 7) is 2.96. The van der Waals surface area contributed by atoms with E-state index in [1.54, 1.807) is 22.8 Å². The molecule has 26 heavy (non-hydrogen) atoms. The molecule has 0 atom stereocenters. The van der Waals surface area contributed by atoms with Gasteiger partial charge in [-0.2, -0.15) is 4.31 Å². The fourth-order valence-electron chi connectivity index (χ4n) is 3.04. The smallest absolute Gasteiger partial charge is 0.267 e. The van der Waals surface area contributed by atoms with Crippen molar-refractivity contribution in [2.24, 2.45) is 0 Å². The molecule has 6 nitrogen and oxygen atoms in total. The highest BCUT2D eigenvalue weighted by molar-refractivity contribution is 7.89. The van der Waals surface area contributed by atoms with Crippen LogP contribution in [0.5, 0.6) is 0 Å². The SMILES string of the molecule is Cc1nc2ccc(NC(=O)c3sccc3S(=O)(=O)N3CCCC3)cc2s1. The molecule has 1 amide bonds. The van der Waals surface area contributed by atoms with Crippen molar-refractivity contribution in [1.82, 2.24) is 9.29 Å². The van der Waals surface area contributed by atoms with Crippen LogP contribution in [0.4, 0.5) is 5.69 Å². The molecule has 0 bridgehead atoms. The third-order valence-corrected chi connectivity index (χ3v) is 8.19. The Balaban J connectivity index is 1.61. The van der Waals surface area contributed by atoms with Gasteiger partial charge in [-0.3, -0.25) is 4.79 Å². The molecule has 3 aromatic rings. The number of rotatable bonds is 4. The van der Waals surface area contributed by atoms with Gasteiger partial charge >= 0.3 is 0 Å². The second-order valence-corrected chi connectivity index (χ2v) is 10.2. The maximum Gasteiger partial charge on any atom is 0.267 e.